The number of hydrogen-bond donors (Lipinski definition) is 2. The fourth-order valence-corrected chi connectivity index (χ4v) is 2.41. The highest BCUT2D eigenvalue weighted by molar-refractivity contribution is 5.70. The number of rotatable bonds is 6. The maximum Gasteiger partial charge on any atom is 0.127 e. The first-order chi connectivity index (χ1) is 10.0. The lowest BCUT2D eigenvalue weighted by Crippen LogP contribution is -2.43. The lowest BCUT2D eigenvalue weighted by Gasteiger charge is -2.26. The molecule has 2 atom stereocenters. The van der Waals surface area contributed by atoms with Crippen molar-refractivity contribution in [3.05, 3.63) is 54.6 Å². The predicted molar refractivity (Wildman–Crippen MR) is 86.3 cm³/mol. The van der Waals surface area contributed by atoms with Crippen LogP contribution in [0.2, 0.25) is 0 Å². The van der Waals surface area contributed by atoms with E-state index in [1.165, 1.54) is 0 Å². The lowest BCUT2D eigenvalue weighted by atomic mass is 9.97. The summed E-state index contributed by atoms with van der Waals surface area (Å²) in [5.74, 6) is 0.838. The van der Waals surface area contributed by atoms with Gasteiger partial charge in [-0.1, -0.05) is 48.5 Å². The van der Waals surface area contributed by atoms with Crippen molar-refractivity contribution in [3.8, 4) is 16.9 Å². The first-order valence-electron chi connectivity index (χ1n) is 7.23. The second-order valence-electron chi connectivity index (χ2n) is 5.81. The van der Waals surface area contributed by atoms with E-state index < -0.39 is 5.54 Å². The summed E-state index contributed by atoms with van der Waals surface area (Å²) in [6.45, 7) is 3.75. The fourth-order valence-electron chi connectivity index (χ4n) is 2.41. The van der Waals surface area contributed by atoms with E-state index in [0.29, 0.717) is 6.42 Å². The molecule has 21 heavy (non-hydrogen) atoms. The zero-order chi connectivity index (χ0) is 15.3. The average molecular weight is 285 g/mol. The summed E-state index contributed by atoms with van der Waals surface area (Å²) in [4.78, 5) is 0. The number of hydrogen-bond acceptors (Lipinski definition) is 3. The van der Waals surface area contributed by atoms with Gasteiger partial charge < -0.3 is 15.6 Å². The van der Waals surface area contributed by atoms with E-state index in [9.17, 15) is 5.11 Å². The normalized spacial score (nSPS) is 15.2. The third-order valence-electron chi connectivity index (χ3n) is 3.41. The minimum atomic E-state index is -0.624. The van der Waals surface area contributed by atoms with Crippen LogP contribution in [0.4, 0.5) is 0 Å². The molecule has 2 aromatic carbocycles. The first-order valence-corrected chi connectivity index (χ1v) is 7.23. The zero-order valence-corrected chi connectivity index (χ0v) is 12.6. The molecule has 0 fully saturated rings. The summed E-state index contributed by atoms with van der Waals surface area (Å²) in [7, 11) is 0. The number of benzene rings is 2. The van der Waals surface area contributed by atoms with Crippen LogP contribution in [0.3, 0.4) is 0 Å². The Hall–Kier alpha value is -1.84. The Labute approximate surface area is 126 Å². The second kappa shape index (κ2) is 6.74. The summed E-state index contributed by atoms with van der Waals surface area (Å²) in [5.41, 5.74) is 7.55. The molecule has 0 aliphatic carbocycles. The van der Waals surface area contributed by atoms with Crippen molar-refractivity contribution in [1.29, 1.82) is 0 Å². The van der Waals surface area contributed by atoms with E-state index in [2.05, 4.69) is 12.1 Å². The Morgan fingerprint density at radius 2 is 1.71 bits per heavy atom. The molecule has 0 radical (unpaired) electrons. The quantitative estimate of drug-likeness (QED) is 0.857. The third kappa shape index (κ3) is 4.31. The second-order valence-corrected chi connectivity index (χ2v) is 5.81. The standard InChI is InChI=1S/C18H23NO2/c1-14(12-18(2,19)13-20)21-17-11-7-6-10-16(17)15-8-4-3-5-9-15/h3-11,14,20H,12-13,19H2,1-2H3. The highest BCUT2D eigenvalue weighted by Gasteiger charge is 2.22. The molecule has 112 valence electrons. The van der Waals surface area contributed by atoms with Crippen molar-refractivity contribution >= 4 is 0 Å². The van der Waals surface area contributed by atoms with Gasteiger partial charge in [0.2, 0.25) is 0 Å². The van der Waals surface area contributed by atoms with Crippen LogP contribution in [0.15, 0.2) is 54.6 Å². The minimum absolute atomic E-state index is 0.0545. The lowest BCUT2D eigenvalue weighted by molar-refractivity contribution is 0.134. The van der Waals surface area contributed by atoms with Gasteiger partial charge in [0.1, 0.15) is 5.75 Å². The zero-order valence-electron chi connectivity index (χ0n) is 12.6. The monoisotopic (exact) mass is 285 g/mol. The summed E-state index contributed by atoms with van der Waals surface area (Å²) >= 11 is 0. The highest BCUT2D eigenvalue weighted by Crippen LogP contribution is 2.30. The van der Waals surface area contributed by atoms with Crippen molar-refractivity contribution in [2.24, 2.45) is 5.73 Å². The van der Waals surface area contributed by atoms with Gasteiger partial charge in [-0.3, -0.25) is 0 Å². The van der Waals surface area contributed by atoms with Gasteiger partial charge in [-0.15, -0.1) is 0 Å². The van der Waals surface area contributed by atoms with Crippen LogP contribution in [0, 0.1) is 0 Å². The van der Waals surface area contributed by atoms with Gasteiger partial charge in [0.05, 0.1) is 12.7 Å². The van der Waals surface area contributed by atoms with E-state index in [1.54, 1.807) is 0 Å². The Morgan fingerprint density at radius 1 is 1.10 bits per heavy atom. The molecule has 0 spiro atoms. The Balaban J connectivity index is 2.18. The maximum atomic E-state index is 9.26. The predicted octanol–water partition coefficient (Wildman–Crippen LogP) is 3.22. The molecule has 0 saturated carbocycles. The molecule has 3 nitrogen and oxygen atoms in total. The number of aliphatic hydroxyl groups is 1. The van der Waals surface area contributed by atoms with E-state index in [0.717, 1.165) is 16.9 Å². The van der Waals surface area contributed by atoms with Gasteiger partial charge in [0.15, 0.2) is 0 Å². The van der Waals surface area contributed by atoms with Crippen molar-refractivity contribution < 1.29 is 9.84 Å². The third-order valence-corrected chi connectivity index (χ3v) is 3.41. The topological polar surface area (TPSA) is 55.5 Å². The molecule has 2 unspecified atom stereocenters. The van der Waals surface area contributed by atoms with Gasteiger partial charge in [-0.25, -0.2) is 0 Å². The summed E-state index contributed by atoms with van der Waals surface area (Å²) < 4.78 is 6.05. The Kier molecular flexibility index (Phi) is 4.99. The SMILES string of the molecule is CC(CC(C)(N)CO)Oc1ccccc1-c1ccccc1. The minimum Gasteiger partial charge on any atom is -0.490 e. The van der Waals surface area contributed by atoms with Gasteiger partial charge in [-0.05, 0) is 25.5 Å². The van der Waals surface area contributed by atoms with Gasteiger partial charge in [-0.2, -0.15) is 0 Å². The molecule has 2 rings (SSSR count). The molecule has 0 heterocycles. The summed E-state index contributed by atoms with van der Waals surface area (Å²) in [6, 6.07) is 18.1. The molecule has 0 saturated heterocycles. The molecule has 0 aliphatic rings. The largest absolute Gasteiger partial charge is 0.490 e. The molecule has 3 N–H and O–H groups in total. The first kappa shape index (κ1) is 15.5. The van der Waals surface area contributed by atoms with E-state index in [4.69, 9.17) is 10.5 Å². The molecule has 0 aliphatic heterocycles. The molecule has 0 aromatic heterocycles. The van der Waals surface area contributed by atoms with Crippen molar-refractivity contribution in [2.75, 3.05) is 6.61 Å². The van der Waals surface area contributed by atoms with Crippen LogP contribution in [0.5, 0.6) is 5.75 Å². The average Bonchev–Trinajstić information content (AvgIpc) is 2.48. The smallest absolute Gasteiger partial charge is 0.127 e. The molecule has 0 bridgehead atoms. The van der Waals surface area contributed by atoms with Gasteiger partial charge in [0, 0.05) is 17.5 Å². The molecule has 2 aromatic rings. The van der Waals surface area contributed by atoms with Crippen LogP contribution >= 0.6 is 0 Å². The van der Waals surface area contributed by atoms with E-state index >= 15 is 0 Å². The molecule has 3 heteroatoms. The van der Waals surface area contributed by atoms with Gasteiger partial charge >= 0.3 is 0 Å². The Morgan fingerprint density at radius 3 is 2.38 bits per heavy atom. The highest BCUT2D eigenvalue weighted by atomic mass is 16.5. The maximum absolute atomic E-state index is 9.26. The van der Waals surface area contributed by atoms with Crippen LogP contribution in [-0.2, 0) is 0 Å². The number of para-hydroxylation sites is 1. The van der Waals surface area contributed by atoms with E-state index in [1.807, 2.05) is 56.3 Å². The number of ether oxygens (including phenoxy) is 1. The fraction of sp³-hybridized carbons (Fsp3) is 0.333. The van der Waals surface area contributed by atoms with Crippen molar-refractivity contribution in [2.45, 2.75) is 31.9 Å². The molecular weight excluding hydrogens is 262 g/mol. The summed E-state index contributed by atoms with van der Waals surface area (Å²) in [6.07, 6.45) is 0.518. The van der Waals surface area contributed by atoms with Gasteiger partial charge in [0.25, 0.3) is 0 Å². The van der Waals surface area contributed by atoms with Crippen LogP contribution in [0.25, 0.3) is 11.1 Å². The van der Waals surface area contributed by atoms with Crippen LogP contribution in [-0.4, -0.2) is 23.4 Å². The molecule has 0 amide bonds. The molecular formula is C18H23NO2. The number of aliphatic hydroxyl groups excluding tert-OH is 1. The Bertz CT molecular complexity index is 566. The van der Waals surface area contributed by atoms with Crippen molar-refractivity contribution in [1.82, 2.24) is 0 Å². The number of nitrogens with two attached hydrogens (primary N) is 1. The van der Waals surface area contributed by atoms with Crippen LogP contribution in [0.1, 0.15) is 20.3 Å². The van der Waals surface area contributed by atoms with E-state index in [-0.39, 0.29) is 12.7 Å². The summed E-state index contributed by atoms with van der Waals surface area (Å²) in [5, 5.41) is 9.26. The van der Waals surface area contributed by atoms with Crippen molar-refractivity contribution in [3.63, 3.8) is 0 Å². The van der Waals surface area contributed by atoms with Crippen LogP contribution < -0.4 is 10.5 Å².